The summed E-state index contributed by atoms with van der Waals surface area (Å²) in [7, 11) is 1.33. The smallest absolute Gasteiger partial charge is 0.290 e. The molecule has 33 heavy (non-hydrogen) atoms. The number of aromatic nitrogens is 6. The number of methoxy groups -OCH3 is 1. The van der Waals surface area contributed by atoms with Gasteiger partial charge in [-0.2, -0.15) is 5.10 Å². The SMILES string of the molecule is CCn1cnc2c(-c3ccc(F)c(-c4ncc(C(=O)NNC(C)=O)nc4OC)c3)cnnc21. The van der Waals surface area contributed by atoms with Crippen molar-refractivity contribution < 1.29 is 18.7 Å². The topological polar surface area (TPSA) is 137 Å². The number of fused-ring (bicyclic) bond motifs is 1. The zero-order valence-corrected chi connectivity index (χ0v) is 18.0. The molecule has 4 aromatic rings. The highest BCUT2D eigenvalue weighted by atomic mass is 19.1. The Balaban J connectivity index is 1.77. The van der Waals surface area contributed by atoms with E-state index in [-0.39, 0.29) is 22.8 Å². The zero-order chi connectivity index (χ0) is 23.5. The van der Waals surface area contributed by atoms with Crippen LogP contribution in [0.5, 0.6) is 5.88 Å². The van der Waals surface area contributed by atoms with Crippen molar-refractivity contribution in [1.82, 2.24) is 40.6 Å². The molecule has 12 heteroatoms. The predicted octanol–water partition coefficient (Wildman–Crippen LogP) is 1.90. The summed E-state index contributed by atoms with van der Waals surface area (Å²) >= 11 is 0. The van der Waals surface area contributed by atoms with Crippen LogP contribution in [0.15, 0.2) is 36.9 Å². The van der Waals surface area contributed by atoms with Crippen LogP contribution in [0.2, 0.25) is 0 Å². The lowest BCUT2D eigenvalue weighted by molar-refractivity contribution is -0.119. The highest BCUT2D eigenvalue weighted by molar-refractivity contribution is 5.94. The molecule has 0 aliphatic heterocycles. The monoisotopic (exact) mass is 450 g/mol. The van der Waals surface area contributed by atoms with Crippen LogP contribution in [0, 0.1) is 5.82 Å². The molecule has 2 amide bonds. The number of halogens is 1. The average molecular weight is 450 g/mol. The lowest BCUT2D eigenvalue weighted by atomic mass is 10.0. The fourth-order valence-electron chi connectivity index (χ4n) is 3.21. The second-order valence-corrected chi connectivity index (χ2v) is 6.90. The van der Waals surface area contributed by atoms with Gasteiger partial charge in [0.25, 0.3) is 5.91 Å². The summed E-state index contributed by atoms with van der Waals surface area (Å²) < 4.78 is 21.9. The number of imidazole rings is 1. The first kappa shape index (κ1) is 21.7. The third-order valence-corrected chi connectivity index (χ3v) is 4.80. The molecule has 3 aromatic heterocycles. The normalized spacial score (nSPS) is 10.8. The second kappa shape index (κ2) is 8.94. The summed E-state index contributed by atoms with van der Waals surface area (Å²) in [5.41, 5.74) is 7.00. The van der Waals surface area contributed by atoms with Gasteiger partial charge in [0.05, 0.1) is 25.8 Å². The van der Waals surface area contributed by atoms with Gasteiger partial charge >= 0.3 is 0 Å². The molecule has 11 nitrogen and oxygen atoms in total. The van der Waals surface area contributed by atoms with Crippen LogP contribution >= 0.6 is 0 Å². The van der Waals surface area contributed by atoms with E-state index in [4.69, 9.17) is 4.74 Å². The molecule has 0 atom stereocenters. The number of benzene rings is 1. The van der Waals surface area contributed by atoms with Crippen molar-refractivity contribution in [3.05, 3.63) is 48.4 Å². The molecule has 0 fully saturated rings. The third-order valence-electron chi connectivity index (χ3n) is 4.80. The number of aryl methyl sites for hydroxylation is 1. The zero-order valence-electron chi connectivity index (χ0n) is 18.0. The number of hydrogen-bond donors (Lipinski definition) is 2. The molecule has 2 N–H and O–H groups in total. The fraction of sp³-hybridized carbons (Fsp3) is 0.190. The van der Waals surface area contributed by atoms with E-state index in [1.165, 1.54) is 20.1 Å². The van der Waals surface area contributed by atoms with Gasteiger partial charge in [0.15, 0.2) is 11.3 Å². The third kappa shape index (κ3) is 4.18. The molecule has 3 heterocycles. The van der Waals surface area contributed by atoms with Crippen LogP contribution in [-0.2, 0) is 11.3 Å². The number of ether oxygens (including phenoxy) is 1. The number of hydrazine groups is 1. The van der Waals surface area contributed by atoms with Crippen molar-refractivity contribution in [2.45, 2.75) is 20.4 Å². The van der Waals surface area contributed by atoms with Gasteiger partial charge in [-0.15, -0.1) is 5.10 Å². The van der Waals surface area contributed by atoms with Crippen molar-refractivity contribution >= 4 is 23.0 Å². The van der Waals surface area contributed by atoms with E-state index >= 15 is 0 Å². The first-order valence-corrected chi connectivity index (χ1v) is 9.87. The Morgan fingerprint density at radius 1 is 1.15 bits per heavy atom. The largest absolute Gasteiger partial charge is 0.479 e. The van der Waals surface area contributed by atoms with E-state index in [1.807, 2.05) is 11.5 Å². The van der Waals surface area contributed by atoms with E-state index in [2.05, 4.69) is 36.0 Å². The molecule has 0 saturated carbocycles. The van der Waals surface area contributed by atoms with Gasteiger partial charge in [0, 0.05) is 24.6 Å². The molecule has 4 rings (SSSR count). The minimum Gasteiger partial charge on any atom is -0.479 e. The van der Waals surface area contributed by atoms with Crippen LogP contribution in [-0.4, -0.2) is 48.6 Å². The van der Waals surface area contributed by atoms with Crippen LogP contribution in [0.3, 0.4) is 0 Å². The van der Waals surface area contributed by atoms with E-state index in [0.717, 1.165) is 6.20 Å². The van der Waals surface area contributed by atoms with Gasteiger partial charge in [-0.3, -0.25) is 20.4 Å². The van der Waals surface area contributed by atoms with Crippen LogP contribution in [0.1, 0.15) is 24.3 Å². The summed E-state index contributed by atoms with van der Waals surface area (Å²) in [5.74, 6) is -1.77. The maximum atomic E-state index is 14.8. The molecule has 0 bridgehead atoms. The molecule has 0 unspecified atom stereocenters. The molecule has 0 saturated heterocycles. The highest BCUT2D eigenvalue weighted by Crippen LogP contribution is 2.33. The first-order valence-electron chi connectivity index (χ1n) is 9.87. The van der Waals surface area contributed by atoms with Crippen LogP contribution in [0.25, 0.3) is 33.5 Å². The van der Waals surface area contributed by atoms with Gasteiger partial charge in [0.1, 0.15) is 17.0 Å². The number of nitrogens with one attached hydrogen (secondary N) is 2. The highest BCUT2D eigenvalue weighted by Gasteiger charge is 2.19. The van der Waals surface area contributed by atoms with Gasteiger partial charge in [-0.1, -0.05) is 6.07 Å². The first-order chi connectivity index (χ1) is 15.9. The molecule has 168 valence electrons. The molecule has 0 aliphatic carbocycles. The van der Waals surface area contributed by atoms with E-state index < -0.39 is 17.6 Å². The molecular weight excluding hydrogens is 431 g/mol. The Hall–Kier alpha value is -4.48. The molecule has 0 aliphatic rings. The quantitative estimate of drug-likeness (QED) is 0.440. The Morgan fingerprint density at radius 3 is 2.70 bits per heavy atom. The van der Waals surface area contributed by atoms with Crippen molar-refractivity contribution in [3.63, 3.8) is 0 Å². The standard InChI is InChI=1S/C21H19FN8O3/c1-4-30-10-24-17-14(8-25-28-19(17)30)12-5-6-15(22)13(7-12)18-21(33-3)26-16(9-23-18)20(32)29-27-11(2)31/h5-10H,4H2,1-3H3,(H,27,31)(H,29,32). The average Bonchev–Trinajstić information content (AvgIpc) is 3.26. The lowest BCUT2D eigenvalue weighted by Gasteiger charge is -2.11. The number of amides is 2. The number of nitrogens with zero attached hydrogens (tertiary/aromatic N) is 6. The van der Waals surface area contributed by atoms with Crippen molar-refractivity contribution in [3.8, 4) is 28.3 Å². The van der Waals surface area contributed by atoms with Crippen molar-refractivity contribution in [2.24, 2.45) is 0 Å². The Kier molecular flexibility index (Phi) is 5.89. The summed E-state index contributed by atoms with van der Waals surface area (Å²) in [6.07, 6.45) is 4.40. The minimum absolute atomic E-state index is 0.0604. The Labute approximate surface area is 187 Å². The molecular formula is C21H19FN8O3. The summed E-state index contributed by atoms with van der Waals surface area (Å²) in [4.78, 5) is 35.8. The summed E-state index contributed by atoms with van der Waals surface area (Å²) in [6.45, 7) is 3.89. The van der Waals surface area contributed by atoms with Crippen LogP contribution in [0.4, 0.5) is 4.39 Å². The number of rotatable bonds is 5. The maximum Gasteiger partial charge on any atom is 0.290 e. The number of carbonyl (C=O) groups is 2. The van der Waals surface area contributed by atoms with E-state index in [0.29, 0.717) is 28.8 Å². The van der Waals surface area contributed by atoms with E-state index in [9.17, 15) is 14.0 Å². The van der Waals surface area contributed by atoms with Gasteiger partial charge in [-0.05, 0) is 24.6 Å². The van der Waals surface area contributed by atoms with Gasteiger partial charge in [-0.25, -0.2) is 19.3 Å². The summed E-state index contributed by atoms with van der Waals surface area (Å²) in [5, 5.41) is 8.20. The Morgan fingerprint density at radius 2 is 1.97 bits per heavy atom. The number of carbonyl (C=O) groups excluding carboxylic acids is 2. The second-order valence-electron chi connectivity index (χ2n) is 6.90. The molecule has 0 radical (unpaired) electrons. The van der Waals surface area contributed by atoms with Gasteiger partial charge < -0.3 is 9.30 Å². The minimum atomic E-state index is -0.700. The van der Waals surface area contributed by atoms with Gasteiger partial charge in [0.2, 0.25) is 11.8 Å². The maximum absolute atomic E-state index is 14.8. The molecule has 0 spiro atoms. The van der Waals surface area contributed by atoms with Crippen LogP contribution < -0.4 is 15.6 Å². The van der Waals surface area contributed by atoms with Crippen molar-refractivity contribution in [1.29, 1.82) is 0 Å². The molecule has 1 aromatic carbocycles. The fourth-order valence-corrected chi connectivity index (χ4v) is 3.21. The van der Waals surface area contributed by atoms with E-state index in [1.54, 1.807) is 24.7 Å². The lowest BCUT2D eigenvalue weighted by Crippen LogP contribution is -2.40. The Bertz CT molecular complexity index is 1370. The van der Waals surface area contributed by atoms with Crippen molar-refractivity contribution in [2.75, 3.05) is 7.11 Å². The summed E-state index contributed by atoms with van der Waals surface area (Å²) in [6, 6.07) is 4.49. The predicted molar refractivity (Wildman–Crippen MR) is 115 cm³/mol. The number of hydrogen-bond acceptors (Lipinski definition) is 8.